The lowest BCUT2D eigenvalue weighted by Gasteiger charge is -2.30. The van der Waals surface area contributed by atoms with Crippen molar-refractivity contribution in [3.63, 3.8) is 0 Å². The fourth-order valence-corrected chi connectivity index (χ4v) is 5.97. The molecule has 1 saturated heterocycles. The van der Waals surface area contributed by atoms with Crippen LogP contribution in [0.25, 0.3) is 10.9 Å². The van der Waals surface area contributed by atoms with Gasteiger partial charge in [0.15, 0.2) is 0 Å². The molecule has 1 aromatic heterocycles. The summed E-state index contributed by atoms with van der Waals surface area (Å²) in [5.74, 6) is 0. The number of hydrogen-bond donors (Lipinski definition) is 1. The highest BCUT2D eigenvalue weighted by Gasteiger charge is 2.22. The van der Waals surface area contributed by atoms with Gasteiger partial charge in [-0.3, -0.25) is 0 Å². The maximum Gasteiger partial charge on any atom is 0.269 e. The highest BCUT2D eigenvalue weighted by Crippen LogP contribution is 2.29. The van der Waals surface area contributed by atoms with E-state index >= 15 is 0 Å². The Bertz CT molecular complexity index is 1050. The number of likely N-dealkylation sites (tertiary alicyclic amines) is 1. The highest BCUT2D eigenvalue weighted by atomic mass is 79.9. The second-order valence-electron chi connectivity index (χ2n) is 7.04. The number of para-hydroxylation sites is 1. The van der Waals surface area contributed by atoms with Crippen LogP contribution < -0.4 is 5.32 Å². The van der Waals surface area contributed by atoms with Gasteiger partial charge in [-0.05, 0) is 85.3 Å². The zero-order valence-corrected chi connectivity index (χ0v) is 17.5. The minimum Gasteiger partial charge on any atom is -0.382 e. The van der Waals surface area contributed by atoms with E-state index in [9.17, 15) is 8.42 Å². The summed E-state index contributed by atoms with van der Waals surface area (Å²) in [6.07, 6.45) is 2.19. The SMILES string of the molecule is CN1CCC(Nc2ccc(S(=O)(=O)n3c(Br)cc4ccccc43)cc2)CC1. The van der Waals surface area contributed by atoms with Gasteiger partial charge < -0.3 is 10.2 Å². The molecule has 0 saturated carbocycles. The first kappa shape index (κ1) is 18.5. The average molecular weight is 448 g/mol. The van der Waals surface area contributed by atoms with Gasteiger partial charge in [0, 0.05) is 17.1 Å². The van der Waals surface area contributed by atoms with E-state index in [1.165, 1.54) is 3.97 Å². The van der Waals surface area contributed by atoms with Gasteiger partial charge in [-0.15, -0.1) is 0 Å². The molecular weight excluding hydrogens is 426 g/mol. The number of rotatable bonds is 4. The predicted molar refractivity (Wildman–Crippen MR) is 113 cm³/mol. The van der Waals surface area contributed by atoms with E-state index in [1.54, 1.807) is 12.1 Å². The quantitative estimate of drug-likeness (QED) is 0.652. The molecule has 4 rings (SSSR count). The Morgan fingerprint density at radius 3 is 2.41 bits per heavy atom. The fourth-order valence-electron chi connectivity index (χ4n) is 3.56. The van der Waals surface area contributed by atoms with Crippen LogP contribution in [0.15, 0.2) is 64.1 Å². The first-order chi connectivity index (χ1) is 12.9. The van der Waals surface area contributed by atoms with Crippen molar-refractivity contribution in [1.82, 2.24) is 8.87 Å². The van der Waals surface area contributed by atoms with Crippen molar-refractivity contribution >= 4 is 42.5 Å². The number of aromatic nitrogens is 1. The third-order valence-corrected chi connectivity index (χ3v) is 7.67. The number of benzene rings is 2. The summed E-state index contributed by atoms with van der Waals surface area (Å²) in [4.78, 5) is 2.60. The molecule has 1 N–H and O–H groups in total. The minimum absolute atomic E-state index is 0.276. The Kier molecular flexibility index (Phi) is 5.01. The lowest BCUT2D eigenvalue weighted by atomic mass is 10.1. The van der Waals surface area contributed by atoms with Gasteiger partial charge in [-0.25, -0.2) is 12.4 Å². The molecule has 7 heteroatoms. The molecule has 0 amide bonds. The molecule has 0 aliphatic carbocycles. The van der Waals surface area contributed by atoms with Gasteiger partial charge in [0.25, 0.3) is 10.0 Å². The number of piperidine rings is 1. The summed E-state index contributed by atoms with van der Waals surface area (Å²) in [6.45, 7) is 2.16. The molecule has 1 aliphatic heterocycles. The molecule has 0 spiro atoms. The lowest BCUT2D eigenvalue weighted by Crippen LogP contribution is -2.36. The van der Waals surface area contributed by atoms with E-state index in [-0.39, 0.29) is 4.90 Å². The van der Waals surface area contributed by atoms with Gasteiger partial charge in [0.1, 0.15) is 4.60 Å². The van der Waals surface area contributed by atoms with Crippen LogP contribution in [0.5, 0.6) is 0 Å². The van der Waals surface area contributed by atoms with Crippen molar-refractivity contribution in [2.45, 2.75) is 23.8 Å². The molecule has 0 unspecified atom stereocenters. The van der Waals surface area contributed by atoms with Crippen LogP contribution in [0.4, 0.5) is 5.69 Å². The Morgan fingerprint density at radius 1 is 1.04 bits per heavy atom. The molecule has 2 heterocycles. The summed E-state index contributed by atoms with van der Waals surface area (Å²) >= 11 is 3.40. The van der Waals surface area contributed by atoms with Crippen LogP contribution in [0.1, 0.15) is 12.8 Å². The van der Waals surface area contributed by atoms with Crippen molar-refractivity contribution < 1.29 is 8.42 Å². The summed E-state index contributed by atoms with van der Waals surface area (Å²) < 4.78 is 28.2. The predicted octanol–water partition coefficient (Wildman–Crippen LogP) is 4.15. The molecule has 1 fully saturated rings. The number of anilines is 1. The van der Waals surface area contributed by atoms with Crippen LogP contribution >= 0.6 is 15.9 Å². The largest absolute Gasteiger partial charge is 0.382 e. The molecule has 0 bridgehead atoms. The first-order valence-electron chi connectivity index (χ1n) is 9.02. The Hall–Kier alpha value is -1.83. The first-order valence-corrected chi connectivity index (χ1v) is 11.3. The normalized spacial score (nSPS) is 16.7. The zero-order chi connectivity index (χ0) is 19.0. The van der Waals surface area contributed by atoms with Crippen molar-refractivity contribution in [3.05, 3.63) is 59.2 Å². The van der Waals surface area contributed by atoms with Crippen LogP contribution in [0.2, 0.25) is 0 Å². The van der Waals surface area contributed by atoms with E-state index in [0.717, 1.165) is 37.0 Å². The summed E-state index contributed by atoms with van der Waals surface area (Å²) in [7, 11) is -1.54. The van der Waals surface area contributed by atoms with Gasteiger partial charge in [0.2, 0.25) is 0 Å². The van der Waals surface area contributed by atoms with Crippen LogP contribution in [-0.4, -0.2) is 43.5 Å². The molecule has 5 nitrogen and oxygen atoms in total. The number of nitrogens with one attached hydrogen (secondary N) is 1. The molecule has 0 atom stereocenters. The molecule has 142 valence electrons. The number of nitrogens with zero attached hydrogens (tertiary/aromatic N) is 2. The topological polar surface area (TPSA) is 54.3 Å². The van der Waals surface area contributed by atoms with Crippen molar-refractivity contribution in [2.24, 2.45) is 0 Å². The maximum absolute atomic E-state index is 13.2. The smallest absolute Gasteiger partial charge is 0.269 e. The maximum atomic E-state index is 13.2. The average Bonchev–Trinajstić information content (AvgIpc) is 3.00. The van der Waals surface area contributed by atoms with E-state index in [4.69, 9.17) is 0 Å². The van der Waals surface area contributed by atoms with Crippen LogP contribution in [-0.2, 0) is 10.0 Å². The zero-order valence-electron chi connectivity index (χ0n) is 15.1. The Morgan fingerprint density at radius 2 is 1.70 bits per heavy atom. The fraction of sp³-hybridized carbons (Fsp3) is 0.300. The van der Waals surface area contributed by atoms with Crippen LogP contribution in [0.3, 0.4) is 0 Å². The van der Waals surface area contributed by atoms with Crippen LogP contribution in [0, 0.1) is 0 Å². The van der Waals surface area contributed by atoms with E-state index in [1.807, 2.05) is 42.5 Å². The minimum atomic E-state index is -3.67. The molecule has 3 aromatic rings. The summed E-state index contributed by atoms with van der Waals surface area (Å²) in [6, 6.07) is 16.8. The third-order valence-electron chi connectivity index (χ3n) is 5.11. The standard InChI is InChI=1S/C20H22BrN3O2S/c1-23-12-10-17(11-13-23)22-16-6-8-18(9-7-16)27(25,26)24-19-5-3-2-4-15(19)14-20(24)21/h2-9,14,17,22H,10-13H2,1H3. The van der Waals surface area contributed by atoms with Crippen molar-refractivity contribution in [3.8, 4) is 0 Å². The number of fused-ring (bicyclic) bond motifs is 1. The monoisotopic (exact) mass is 447 g/mol. The van der Waals surface area contributed by atoms with Crippen molar-refractivity contribution in [1.29, 1.82) is 0 Å². The van der Waals surface area contributed by atoms with Gasteiger partial charge in [0.05, 0.1) is 10.4 Å². The Balaban J connectivity index is 1.60. The Labute approximate surface area is 168 Å². The van der Waals surface area contributed by atoms with E-state index < -0.39 is 10.0 Å². The second-order valence-corrected chi connectivity index (χ2v) is 9.64. The summed E-state index contributed by atoms with van der Waals surface area (Å²) in [5, 5.41) is 4.40. The lowest BCUT2D eigenvalue weighted by molar-refractivity contribution is 0.264. The van der Waals surface area contributed by atoms with Gasteiger partial charge in [-0.1, -0.05) is 18.2 Å². The molecule has 2 aromatic carbocycles. The number of hydrogen-bond acceptors (Lipinski definition) is 4. The van der Waals surface area contributed by atoms with E-state index in [2.05, 4.69) is 33.2 Å². The van der Waals surface area contributed by atoms with Gasteiger partial charge >= 0.3 is 0 Å². The summed E-state index contributed by atoms with van der Waals surface area (Å²) in [5.41, 5.74) is 1.62. The number of halogens is 1. The highest BCUT2D eigenvalue weighted by molar-refractivity contribution is 9.10. The van der Waals surface area contributed by atoms with Gasteiger partial charge in [-0.2, -0.15) is 0 Å². The molecule has 1 aliphatic rings. The second kappa shape index (κ2) is 7.30. The third kappa shape index (κ3) is 3.63. The molecular formula is C20H22BrN3O2S. The molecule has 27 heavy (non-hydrogen) atoms. The molecule has 0 radical (unpaired) electrons. The van der Waals surface area contributed by atoms with E-state index in [0.29, 0.717) is 16.2 Å². The van der Waals surface area contributed by atoms with Crippen molar-refractivity contribution in [2.75, 3.05) is 25.5 Å².